The Bertz CT molecular complexity index is 475. The van der Waals surface area contributed by atoms with E-state index in [1.54, 1.807) is 6.07 Å². The Morgan fingerprint density at radius 2 is 2.10 bits per heavy atom. The van der Waals surface area contributed by atoms with Gasteiger partial charge in [0.25, 0.3) is 5.91 Å². The molecule has 1 heterocycles. The van der Waals surface area contributed by atoms with Gasteiger partial charge in [-0.2, -0.15) is 0 Å². The number of hydrogen-bond donors (Lipinski definition) is 1. The third kappa shape index (κ3) is 4.34. The molecule has 1 fully saturated rings. The molecule has 0 bridgehead atoms. The van der Waals surface area contributed by atoms with E-state index >= 15 is 0 Å². The summed E-state index contributed by atoms with van der Waals surface area (Å²) in [7, 11) is 0. The van der Waals surface area contributed by atoms with Crippen LogP contribution in [0.1, 0.15) is 63.3 Å². The topological polar surface area (TPSA) is 45.5 Å². The number of furan rings is 1. The van der Waals surface area contributed by atoms with Crippen molar-refractivity contribution in [3.63, 3.8) is 0 Å². The van der Waals surface area contributed by atoms with E-state index in [1.807, 2.05) is 6.07 Å². The summed E-state index contributed by atoms with van der Waals surface area (Å²) in [4.78, 5) is 14.5. The molecule has 1 aliphatic rings. The van der Waals surface area contributed by atoms with Gasteiger partial charge in [0.15, 0.2) is 5.76 Å². The van der Waals surface area contributed by atoms with Crippen LogP contribution in [0.4, 0.5) is 0 Å². The molecule has 0 aliphatic heterocycles. The lowest BCUT2D eigenvalue weighted by Gasteiger charge is -2.17. The van der Waals surface area contributed by atoms with Crippen molar-refractivity contribution in [2.45, 2.75) is 59.5 Å². The predicted octanol–water partition coefficient (Wildman–Crippen LogP) is 3.43. The third-order valence-corrected chi connectivity index (χ3v) is 4.46. The molecule has 1 N–H and O–H groups in total. The molecule has 4 nitrogen and oxygen atoms in total. The van der Waals surface area contributed by atoms with Gasteiger partial charge in [-0.05, 0) is 49.9 Å². The van der Waals surface area contributed by atoms with Gasteiger partial charge in [0.05, 0.1) is 6.54 Å². The summed E-state index contributed by atoms with van der Waals surface area (Å²) in [5.74, 6) is 1.21. The Morgan fingerprint density at radius 1 is 1.38 bits per heavy atom. The van der Waals surface area contributed by atoms with E-state index in [1.165, 1.54) is 6.42 Å². The van der Waals surface area contributed by atoms with Crippen molar-refractivity contribution >= 4 is 5.91 Å². The average Bonchev–Trinajstić information content (AvgIpc) is 3.02. The van der Waals surface area contributed by atoms with E-state index in [9.17, 15) is 4.79 Å². The fourth-order valence-electron chi connectivity index (χ4n) is 3.07. The van der Waals surface area contributed by atoms with Gasteiger partial charge in [0, 0.05) is 6.04 Å². The highest BCUT2D eigenvalue weighted by atomic mass is 16.4. The molecule has 1 unspecified atom stereocenters. The predicted molar refractivity (Wildman–Crippen MR) is 84.2 cm³/mol. The molecule has 118 valence electrons. The third-order valence-electron chi connectivity index (χ3n) is 4.46. The SMILES string of the molecule is CCN(CC)Cc1ccc(C(=O)NC2CCC(C)(C)C2)o1. The molecule has 1 saturated carbocycles. The second-order valence-corrected chi connectivity index (χ2v) is 6.80. The van der Waals surface area contributed by atoms with Crippen molar-refractivity contribution in [3.05, 3.63) is 23.7 Å². The van der Waals surface area contributed by atoms with Crippen LogP contribution in [0.25, 0.3) is 0 Å². The number of rotatable bonds is 6. The molecule has 1 aliphatic carbocycles. The molecule has 1 atom stereocenters. The minimum absolute atomic E-state index is 0.0801. The van der Waals surface area contributed by atoms with Crippen molar-refractivity contribution in [2.24, 2.45) is 5.41 Å². The maximum Gasteiger partial charge on any atom is 0.287 e. The van der Waals surface area contributed by atoms with Gasteiger partial charge in [-0.1, -0.05) is 27.7 Å². The maximum absolute atomic E-state index is 12.2. The minimum Gasteiger partial charge on any atom is -0.455 e. The number of nitrogens with zero attached hydrogens (tertiary/aromatic N) is 1. The van der Waals surface area contributed by atoms with Gasteiger partial charge in [-0.3, -0.25) is 9.69 Å². The van der Waals surface area contributed by atoms with Gasteiger partial charge < -0.3 is 9.73 Å². The highest BCUT2D eigenvalue weighted by Crippen LogP contribution is 2.36. The van der Waals surface area contributed by atoms with E-state index in [2.05, 4.69) is 37.9 Å². The number of amides is 1. The second-order valence-electron chi connectivity index (χ2n) is 6.80. The Morgan fingerprint density at radius 3 is 2.67 bits per heavy atom. The quantitative estimate of drug-likeness (QED) is 0.873. The zero-order valence-electron chi connectivity index (χ0n) is 13.7. The summed E-state index contributed by atoms with van der Waals surface area (Å²) in [5.41, 5.74) is 0.342. The summed E-state index contributed by atoms with van der Waals surface area (Å²) in [6, 6.07) is 3.98. The van der Waals surface area contributed by atoms with Crippen molar-refractivity contribution in [2.75, 3.05) is 13.1 Å². The van der Waals surface area contributed by atoms with Gasteiger partial charge in [-0.15, -0.1) is 0 Å². The smallest absolute Gasteiger partial charge is 0.287 e. The van der Waals surface area contributed by atoms with Crippen molar-refractivity contribution < 1.29 is 9.21 Å². The molecule has 1 aromatic rings. The van der Waals surface area contributed by atoms with E-state index < -0.39 is 0 Å². The van der Waals surface area contributed by atoms with Crippen LogP contribution < -0.4 is 5.32 Å². The number of nitrogens with one attached hydrogen (secondary N) is 1. The van der Waals surface area contributed by atoms with Gasteiger partial charge in [0.1, 0.15) is 5.76 Å². The second kappa shape index (κ2) is 6.65. The molecule has 0 saturated heterocycles. The zero-order chi connectivity index (χ0) is 15.5. The molecule has 0 aromatic carbocycles. The fraction of sp³-hybridized carbons (Fsp3) is 0.706. The largest absolute Gasteiger partial charge is 0.455 e. The molecular formula is C17H28N2O2. The Hall–Kier alpha value is -1.29. The first-order valence-electron chi connectivity index (χ1n) is 8.05. The maximum atomic E-state index is 12.2. The van der Waals surface area contributed by atoms with Gasteiger partial charge in [0.2, 0.25) is 0 Å². The molecule has 0 radical (unpaired) electrons. The standard InChI is InChI=1S/C17H28N2O2/c1-5-19(6-2)12-14-7-8-15(21-14)16(20)18-13-9-10-17(3,4)11-13/h7-8,13H,5-6,9-12H2,1-4H3,(H,18,20). The normalized spacial score (nSPS) is 20.9. The summed E-state index contributed by atoms with van der Waals surface area (Å²) in [6.45, 7) is 11.5. The molecular weight excluding hydrogens is 264 g/mol. The van der Waals surface area contributed by atoms with Crippen LogP contribution in [0, 0.1) is 5.41 Å². The molecule has 21 heavy (non-hydrogen) atoms. The lowest BCUT2D eigenvalue weighted by molar-refractivity contribution is 0.0904. The van der Waals surface area contributed by atoms with Gasteiger partial charge in [-0.25, -0.2) is 0 Å². The van der Waals surface area contributed by atoms with E-state index in [-0.39, 0.29) is 11.9 Å². The van der Waals surface area contributed by atoms with E-state index in [0.29, 0.717) is 11.2 Å². The molecule has 1 amide bonds. The monoisotopic (exact) mass is 292 g/mol. The first-order chi connectivity index (χ1) is 9.93. The van der Waals surface area contributed by atoms with Crippen LogP contribution in [0.5, 0.6) is 0 Å². The molecule has 0 spiro atoms. The highest BCUT2D eigenvalue weighted by molar-refractivity contribution is 5.91. The first kappa shape index (κ1) is 16.1. The van der Waals surface area contributed by atoms with E-state index in [4.69, 9.17) is 4.42 Å². The number of carbonyl (C=O) groups excluding carboxylic acids is 1. The summed E-state index contributed by atoms with van der Waals surface area (Å²) >= 11 is 0. The van der Waals surface area contributed by atoms with Crippen LogP contribution in [0.3, 0.4) is 0 Å². The Kier molecular flexibility index (Phi) is 5.09. The summed E-state index contributed by atoms with van der Waals surface area (Å²) < 4.78 is 5.69. The molecule has 1 aromatic heterocycles. The Labute approximate surface area is 127 Å². The molecule has 2 rings (SSSR count). The summed E-state index contributed by atoms with van der Waals surface area (Å²) in [5, 5.41) is 3.10. The average molecular weight is 292 g/mol. The first-order valence-corrected chi connectivity index (χ1v) is 8.05. The van der Waals surface area contributed by atoms with Crippen LogP contribution >= 0.6 is 0 Å². The molecule has 4 heteroatoms. The van der Waals surface area contributed by atoms with E-state index in [0.717, 1.165) is 38.2 Å². The minimum atomic E-state index is -0.0801. The number of hydrogen-bond acceptors (Lipinski definition) is 3. The van der Waals surface area contributed by atoms with Crippen LogP contribution in [-0.2, 0) is 6.54 Å². The summed E-state index contributed by atoms with van der Waals surface area (Å²) in [6.07, 6.45) is 3.28. The van der Waals surface area contributed by atoms with Crippen molar-refractivity contribution in [3.8, 4) is 0 Å². The highest BCUT2D eigenvalue weighted by Gasteiger charge is 2.32. The zero-order valence-corrected chi connectivity index (χ0v) is 13.7. The van der Waals surface area contributed by atoms with Crippen LogP contribution in [0.2, 0.25) is 0 Å². The fourth-order valence-corrected chi connectivity index (χ4v) is 3.07. The lowest BCUT2D eigenvalue weighted by atomic mass is 9.92. The van der Waals surface area contributed by atoms with Crippen molar-refractivity contribution in [1.82, 2.24) is 10.2 Å². The van der Waals surface area contributed by atoms with Crippen LogP contribution in [0.15, 0.2) is 16.5 Å². The number of carbonyl (C=O) groups is 1. The Balaban J connectivity index is 1.90. The van der Waals surface area contributed by atoms with Crippen LogP contribution in [-0.4, -0.2) is 29.9 Å². The van der Waals surface area contributed by atoms with Gasteiger partial charge >= 0.3 is 0 Å². The van der Waals surface area contributed by atoms with Crippen molar-refractivity contribution in [1.29, 1.82) is 0 Å². The lowest BCUT2D eigenvalue weighted by Crippen LogP contribution is -2.33.